The third kappa shape index (κ3) is 4.42. The van der Waals surface area contributed by atoms with Gasteiger partial charge in [-0.15, -0.1) is 0 Å². The van der Waals surface area contributed by atoms with Crippen LogP contribution in [-0.2, 0) is 4.74 Å². The van der Waals surface area contributed by atoms with Crippen molar-refractivity contribution in [2.45, 2.75) is 24.9 Å². The molecular weight excluding hydrogens is 320 g/mol. The van der Waals surface area contributed by atoms with Crippen LogP contribution in [0.3, 0.4) is 0 Å². The van der Waals surface area contributed by atoms with E-state index in [9.17, 15) is 4.79 Å². The summed E-state index contributed by atoms with van der Waals surface area (Å²) in [5, 5.41) is 3.68. The maximum Gasteiger partial charge on any atom is 0.409 e. The van der Waals surface area contributed by atoms with Gasteiger partial charge in [-0.2, -0.15) is 0 Å². The van der Waals surface area contributed by atoms with Gasteiger partial charge in [-0.05, 0) is 30.5 Å². The number of ether oxygens (including phenoxy) is 2. The van der Waals surface area contributed by atoms with Crippen molar-refractivity contribution in [1.82, 2.24) is 21.1 Å². The largest absolute Gasteiger partial charge is 0.497 e. The smallest absolute Gasteiger partial charge is 0.409 e. The molecule has 1 aromatic rings. The Morgan fingerprint density at radius 2 is 1.96 bits per heavy atom. The molecule has 0 bridgehead atoms. The number of methoxy groups -OCH3 is 2. The van der Waals surface area contributed by atoms with Gasteiger partial charge in [0.15, 0.2) is 0 Å². The number of likely N-dealkylation sites (tertiary alicyclic amines) is 1. The molecule has 0 aliphatic carbocycles. The zero-order chi connectivity index (χ0) is 17.6. The van der Waals surface area contributed by atoms with E-state index in [1.807, 2.05) is 12.1 Å². The summed E-state index contributed by atoms with van der Waals surface area (Å²) in [7, 11) is 3.12. The first kappa shape index (κ1) is 18.0. The Balaban J connectivity index is 1.48. The molecule has 2 saturated heterocycles. The number of carbonyl (C=O) groups is 1. The Kier molecular flexibility index (Phi) is 6.12. The molecular formula is C18H28N4O3. The molecule has 3 rings (SSSR count). The van der Waals surface area contributed by atoms with Crippen LogP contribution in [0, 0.1) is 5.92 Å². The van der Waals surface area contributed by atoms with E-state index >= 15 is 0 Å². The Labute approximate surface area is 149 Å². The highest BCUT2D eigenvalue weighted by atomic mass is 16.5. The number of carbonyl (C=O) groups excluding carboxylic acids is 1. The Bertz CT molecular complexity index is 558. The number of nitrogens with one attached hydrogen (secondary N) is 3. The van der Waals surface area contributed by atoms with Crippen LogP contribution in [0.4, 0.5) is 4.79 Å². The molecule has 0 radical (unpaired) electrons. The highest BCUT2D eigenvalue weighted by Crippen LogP contribution is 2.26. The lowest BCUT2D eigenvalue weighted by Crippen LogP contribution is -2.46. The van der Waals surface area contributed by atoms with Crippen LogP contribution in [-0.4, -0.2) is 57.4 Å². The molecule has 2 fully saturated rings. The molecule has 1 aromatic carbocycles. The molecule has 0 aromatic heterocycles. The molecule has 0 saturated carbocycles. The van der Waals surface area contributed by atoms with Crippen molar-refractivity contribution in [1.29, 1.82) is 0 Å². The summed E-state index contributed by atoms with van der Waals surface area (Å²) in [5.41, 5.74) is 7.92. The summed E-state index contributed by atoms with van der Waals surface area (Å²) >= 11 is 0. The first-order valence-electron chi connectivity index (χ1n) is 8.90. The van der Waals surface area contributed by atoms with Gasteiger partial charge < -0.3 is 19.7 Å². The molecule has 7 nitrogen and oxygen atoms in total. The number of hydrogen-bond donors (Lipinski definition) is 3. The van der Waals surface area contributed by atoms with E-state index in [4.69, 9.17) is 9.47 Å². The molecule has 25 heavy (non-hydrogen) atoms. The lowest BCUT2D eigenvalue weighted by atomic mass is 9.94. The molecule has 2 heterocycles. The molecule has 2 aliphatic rings. The van der Waals surface area contributed by atoms with E-state index in [-0.39, 0.29) is 12.1 Å². The molecule has 0 spiro atoms. The van der Waals surface area contributed by atoms with Gasteiger partial charge >= 0.3 is 6.09 Å². The molecule has 2 aliphatic heterocycles. The Morgan fingerprint density at radius 3 is 2.60 bits per heavy atom. The molecule has 1 amide bonds. The zero-order valence-corrected chi connectivity index (χ0v) is 15.0. The van der Waals surface area contributed by atoms with Crippen molar-refractivity contribution in [2.24, 2.45) is 5.92 Å². The van der Waals surface area contributed by atoms with Gasteiger partial charge in [0.2, 0.25) is 0 Å². The fourth-order valence-electron chi connectivity index (χ4n) is 3.61. The monoisotopic (exact) mass is 348 g/mol. The fraction of sp³-hybridized carbons (Fsp3) is 0.611. The number of nitrogens with zero attached hydrogens (tertiary/aromatic N) is 1. The minimum Gasteiger partial charge on any atom is -0.497 e. The first-order valence-corrected chi connectivity index (χ1v) is 8.90. The van der Waals surface area contributed by atoms with Gasteiger partial charge in [0, 0.05) is 38.1 Å². The molecule has 3 N–H and O–H groups in total. The molecule has 2 atom stereocenters. The minimum atomic E-state index is -0.220. The minimum absolute atomic E-state index is 0.220. The SMILES string of the molecule is COC(=O)N1CCC(NCC2CNNC2c2ccc(OC)cc2)CC1. The Morgan fingerprint density at radius 1 is 1.24 bits per heavy atom. The lowest BCUT2D eigenvalue weighted by molar-refractivity contribution is 0.109. The third-order valence-electron chi connectivity index (χ3n) is 5.16. The highest BCUT2D eigenvalue weighted by Gasteiger charge is 2.29. The predicted octanol–water partition coefficient (Wildman–Crippen LogP) is 1.28. The van der Waals surface area contributed by atoms with E-state index in [2.05, 4.69) is 28.3 Å². The van der Waals surface area contributed by atoms with E-state index < -0.39 is 0 Å². The number of piperidine rings is 1. The average Bonchev–Trinajstić information content (AvgIpc) is 3.15. The maximum absolute atomic E-state index is 11.5. The number of hydrazine groups is 1. The maximum atomic E-state index is 11.5. The van der Waals surface area contributed by atoms with E-state index in [1.54, 1.807) is 12.0 Å². The van der Waals surface area contributed by atoms with Crippen LogP contribution in [0.2, 0.25) is 0 Å². The number of amides is 1. The van der Waals surface area contributed by atoms with Crippen molar-refractivity contribution in [3.63, 3.8) is 0 Å². The summed E-state index contributed by atoms with van der Waals surface area (Å²) in [4.78, 5) is 13.3. The quantitative estimate of drug-likeness (QED) is 0.744. The van der Waals surface area contributed by atoms with E-state index in [0.717, 1.165) is 44.8 Å². The fourth-order valence-corrected chi connectivity index (χ4v) is 3.61. The van der Waals surface area contributed by atoms with Gasteiger partial charge in [0.25, 0.3) is 0 Å². The van der Waals surface area contributed by atoms with Crippen molar-refractivity contribution in [3.8, 4) is 5.75 Å². The summed E-state index contributed by atoms with van der Waals surface area (Å²) < 4.78 is 10.0. The summed E-state index contributed by atoms with van der Waals surface area (Å²) in [6.07, 6.45) is 1.72. The van der Waals surface area contributed by atoms with Gasteiger partial charge in [0.1, 0.15) is 5.75 Å². The van der Waals surface area contributed by atoms with Crippen molar-refractivity contribution < 1.29 is 14.3 Å². The van der Waals surface area contributed by atoms with E-state index in [0.29, 0.717) is 12.0 Å². The average molecular weight is 348 g/mol. The van der Waals surface area contributed by atoms with Gasteiger partial charge in [-0.25, -0.2) is 10.2 Å². The van der Waals surface area contributed by atoms with Crippen LogP contribution in [0.15, 0.2) is 24.3 Å². The van der Waals surface area contributed by atoms with Crippen LogP contribution >= 0.6 is 0 Å². The predicted molar refractivity (Wildman–Crippen MR) is 95.4 cm³/mol. The van der Waals surface area contributed by atoms with Crippen LogP contribution < -0.4 is 20.9 Å². The molecule has 138 valence electrons. The summed E-state index contributed by atoms with van der Waals surface area (Å²) in [5.74, 6) is 1.36. The van der Waals surface area contributed by atoms with Gasteiger partial charge in [0.05, 0.1) is 20.3 Å². The molecule has 7 heteroatoms. The lowest BCUT2D eigenvalue weighted by Gasteiger charge is -2.32. The first-order chi connectivity index (χ1) is 12.2. The van der Waals surface area contributed by atoms with Crippen molar-refractivity contribution >= 4 is 6.09 Å². The second-order valence-corrected chi connectivity index (χ2v) is 6.68. The third-order valence-corrected chi connectivity index (χ3v) is 5.16. The van der Waals surface area contributed by atoms with Crippen LogP contribution in [0.25, 0.3) is 0 Å². The Hall–Kier alpha value is -1.83. The topological polar surface area (TPSA) is 74.9 Å². The van der Waals surface area contributed by atoms with E-state index in [1.165, 1.54) is 12.7 Å². The summed E-state index contributed by atoms with van der Waals surface area (Å²) in [6.45, 7) is 3.39. The zero-order valence-electron chi connectivity index (χ0n) is 15.0. The van der Waals surface area contributed by atoms with Crippen LogP contribution in [0.5, 0.6) is 5.75 Å². The van der Waals surface area contributed by atoms with Gasteiger partial charge in [-0.3, -0.25) is 5.43 Å². The second kappa shape index (κ2) is 8.51. The normalized spacial score (nSPS) is 24.3. The van der Waals surface area contributed by atoms with Gasteiger partial charge in [-0.1, -0.05) is 12.1 Å². The number of hydrogen-bond acceptors (Lipinski definition) is 6. The standard InChI is InChI=1S/C18H28N4O3/c1-24-16-5-3-13(4-6-16)17-14(12-20-21-17)11-19-15-7-9-22(10-8-15)18(23)25-2/h3-6,14-15,17,19-21H,7-12H2,1-2H3. The molecule has 2 unspecified atom stereocenters. The second-order valence-electron chi connectivity index (χ2n) is 6.68. The van der Waals surface area contributed by atoms with Crippen LogP contribution in [0.1, 0.15) is 24.4 Å². The van der Waals surface area contributed by atoms with Crippen molar-refractivity contribution in [2.75, 3.05) is 40.4 Å². The highest BCUT2D eigenvalue weighted by molar-refractivity contribution is 5.67. The summed E-state index contributed by atoms with van der Waals surface area (Å²) in [6, 6.07) is 8.98. The van der Waals surface area contributed by atoms with Crippen molar-refractivity contribution in [3.05, 3.63) is 29.8 Å². The number of rotatable bonds is 5. The number of benzene rings is 1.